The standard InChI is InChI=1S/C9H19NO3/c1-4-7(5-6-12-2)8(10)9(11)13-3/h7-8H,4-6,10H2,1-3H3/t7?,8-/m0/s1. The first-order valence-corrected chi connectivity index (χ1v) is 4.49. The maximum atomic E-state index is 11.1. The Bertz CT molecular complexity index is 150. The van der Waals surface area contributed by atoms with Crippen molar-refractivity contribution in [2.75, 3.05) is 20.8 Å². The Morgan fingerprint density at radius 2 is 2.08 bits per heavy atom. The minimum Gasteiger partial charge on any atom is -0.468 e. The van der Waals surface area contributed by atoms with Gasteiger partial charge < -0.3 is 15.2 Å². The van der Waals surface area contributed by atoms with Gasteiger partial charge in [0.15, 0.2) is 0 Å². The molecule has 0 aliphatic rings. The largest absolute Gasteiger partial charge is 0.468 e. The molecule has 0 bridgehead atoms. The number of rotatable bonds is 6. The molecule has 0 amide bonds. The molecule has 0 saturated heterocycles. The van der Waals surface area contributed by atoms with E-state index < -0.39 is 6.04 Å². The van der Waals surface area contributed by atoms with Gasteiger partial charge in [0, 0.05) is 13.7 Å². The average molecular weight is 189 g/mol. The van der Waals surface area contributed by atoms with Crippen LogP contribution in [0, 0.1) is 5.92 Å². The van der Waals surface area contributed by atoms with Gasteiger partial charge in [-0.2, -0.15) is 0 Å². The minimum absolute atomic E-state index is 0.146. The first kappa shape index (κ1) is 12.4. The second-order valence-electron chi connectivity index (χ2n) is 3.00. The van der Waals surface area contributed by atoms with Crippen LogP contribution in [0.5, 0.6) is 0 Å². The molecule has 0 aromatic carbocycles. The van der Waals surface area contributed by atoms with Gasteiger partial charge in [-0.05, 0) is 12.3 Å². The third-order valence-electron chi connectivity index (χ3n) is 2.20. The van der Waals surface area contributed by atoms with Crippen LogP contribution in [-0.4, -0.2) is 32.8 Å². The molecule has 0 aromatic rings. The van der Waals surface area contributed by atoms with Crippen molar-refractivity contribution < 1.29 is 14.3 Å². The number of nitrogens with two attached hydrogens (primary N) is 1. The summed E-state index contributed by atoms with van der Waals surface area (Å²) in [6.07, 6.45) is 1.66. The quantitative estimate of drug-likeness (QED) is 0.620. The smallest absolute Gasteiger partial charge is 0.322 e. The van der Waals surface area contributed by atoms with Crippen LogP contribution in [0.15, 0.2) is 0 Å². The van der Waals surface area contributed by atoms with Gasteiger partial charge in [0.25, 0.3) is 0 Å². The zero-order valence-corrected chi connectivity index (χ0v) is 8.58. The van der Waals surface area contributed by atoms with Gasteiger partial charge in [-0.1, -0.05) is 13.3 Å². The van der Waals surface area contributed by atoms with Crippen molar-refractivity contribution in [2.45, 2.75) is 25.8 Å². The first-order valence-electron chi connectivity index (χ1n) is 4.49. The fourth-order valence-electron chi connectivity index (χ4n) is 1.24. The van der Waals surface area contributed by atoms with Gasteiger partial charge in [0.05, 0.1) is 7.11 Å². The summed E-state index contributed by atoms with van der Waals surface area (Å²) in [5, 5.41) is 0. The second-order valence-corrected chi connectivity index (χ2v) is 3.00. The fourth-order valence-corrected chi connectivity index (χ4v) is 1.24. The van der Waals surface area contributed by atoms with E-state index in [1.807, 2.05) is 6.92 Å². The van der Waals surface area contributed by atoms with Crippen LogP contribution in [-0.2, 0) is 14.3 Å². The summed E-state index contributed by atoms with van der Waals surface area (Å²) in [4.78, 5) is 11.1. The summed E-state index contributed by atoms with van der Waals surface area (Å²) >= 11 is 0. The van der Waals surface area contributed by atoms with E-state index in [-0.39, 0.29) is 11.9 Å². The number of methoxy groups -OCH3 is 2. The highest BCUT2D eigenvalue weighted by Crippen LogP contribution is 2.12. The van der Waals surface area contributed by atoms with E-state index in [2.05, 4.69) is 4.74 Å². The molecule has 0 aliphatic heterocycles. The molecular weight excluding hydrogens is 170 g/mol. The van der Waals surface area contributed by atoms with Crippen molar-refractivity contribution in [3.63, 3.8) is 0 Å². The lowest BCUT2D eigenvalue weighted by molar-refractivity contribution is -0.143. The van der Waals surface area contributed by atoms with Crippen molar-refractivity contribution in [1.29, 1.82) is 0 Å². The lowest BCUT2D eigenvalue weighted by Gasteiger charge is -2.19. The number of hydrogen-bond donors (Lipinski definition) is 1. The van der Waals surface area contributed by atoms with Crippen LogP contribution >= 0.6 is 0 Å². The third kappa shape index (κ3) is 4.24. The minimum atomic E-state index is -0.523. The SMILES string of the molecule is CCC(CCOC)[C@H](N)C(=O)OC. The highest BCUT2D eigenvalue weighted by Gasteiger charge is 2.23. The van der Waals surface area contributed by atoms with E-state index in [1.165, 1.54) is 7.11 Å². The zero-order chi connectivity index (χ0) is 10.3. The van der Waals surface area contributed by atoms with Crippen molar-refractivity contribution in [2.24, 2.45) is 11.7 Å². The zero-order valence-electron chi connectivity index (χ0n) is 8.58. The van der Waals surface area contributed by atoms with Crippen LogP contribution in [0.1, 0.15) is 19.8 Å². The molecule has 78 valence electrons. The number of carbonyl (C=O) groups is 1. The molecule has 0 fully saturated rings. The Morgan fingerprint density at radius 3 is 2.46 bits per heavy atom. The van der Waals surface area contributed by atoms with Crippen LogP contribution in [0.4, 0.5) is 0 Å². The van der Waals surface area contributed by atoms with Gasteiger partial charge in [0.1, 0.15) is 6.04 Å². The third-order valence-corrected chi connectivity index (χ3v) is 2.20. The molecule has 2 N–H and O–H groups in total. The highest BCUT2D eigenvalue weighted by atomic mass is 16.5. The topological polar surface area (TPSA) is 61.5 Å². The Morgan fingerprint density at radius 1 is 1.46 bits per heavy atom. The van der Waals surface area contributed by atoms with Crippen LogP contribution < -0.4 is 5.73 Å². The van der Waals surface area contributed by atoms with Crippen LogP contribution in [0.2, 0.25) is 0 Å². The van der Waals surface area contributed by atoms with Crippen molar-refractivity contribution in [3.8, 4) is 0 Å². The van der Waals surface area contributed by atoms with Crippen molar-refractivity contribution >= 4 is 5.97 Å². The molecule has 0 aliphatic carbocycles. The second kappa shape index (κ2) is 6.86. The summed E-state index contributed by atoms with van der Waals surface area (Å²) in [5.74, 6) is -0.199. The van der Waals surface area contributed by atoms with Gasteiger partial charge in [-0.25, -0.2) is 0 Å². The molecule has 0 aromatic heterocycles. The van der Waals surface area contributed by atoms with Crippen LogP contribution in [0.3, 0.4) is 0 Å². The monoisotopic (exact) mass is 189 g/mol. The summed E-state index contributed by atoms with van der Waals surface area (Å²) < 4.78 is 9.50. The van der Waals surface area contributed by atoms with E-state index in [0.29, 0.717) is 6.61 Å². The first-order chi connectivity index (χ1) is 6.17. The van der Waals surface area contributed by atoms with Gasteiger partial charge >= 0.3 is 5.97 Å². The molecule has 1 unspecified atom stereocenters. The molecule has 2 atom stereocenters. The van der Waals surface area contributed by atoms with Crippen molar-refractivity contribution in [3.05, 3.63) is 0 Å². The predicted octanol–water partition coefficient (Wildman–Crippen LogP) is 0.549. The van der Waals surface area contributed by atoms with E-state index in [0.717, 1.165) is 12.8 Å². The predicted molar refractivity (Wildman–Crippen MR) is 50.3 cm³/mol. The Hall–Kier alpha value is -0.610. The number of esters is 1. The van der Waals surface area contributed by atoms with E-state index in [4.69, 9.17) is 10.5 Å². The summed E-state index contributed by atoms with van der Waals surface area (Å²) in [5.41, 5.74) is 5.69. The molecule has 4 nitrogen and oxygen atoms in total. The molecule has 4 heteroatoms. The Labute approximate surface area is 79.4 Å². The maximum absolute atomic E-state index is 11.1. The van der Waals surface area contributed by atoms with E-state index in [9.17, 15) is 4.79 Å². The molecular formula is C9H19NO3. The number of carbonyl (C=O) groups excluding carboxylic acids is 1. The lowest BCUT2D eigenvalue weighted by atomic mass is 9.94. The number of hydrogen-bond acceptors (Lipinski definition) is 4. The van der Waals surface area contributed by atoms with Crippen molar-refractivity contribution in [1.82, 2.24) is 0 Å². The van der Waals surface area contributed by atoms with Gasteiger partial charge in [-0.3, -0.25) is 4.79 Å². The molecule has 0 saturated carbocycles. The fraction of sp³-hybridized carbons (Fsp3) is 0.889. The summed E-state index contributed by atoms with van der Waals surface area (Å²) in [7, 11) is 2.99. The summed E-state index contributed by atoms with van der Waals surface area (Å²) in [6.45, 7) is 2.63. The average Bonchev–Trinajstić information content (AvgIpc) is 2.17. The van der Waals surface area contributed by atoms with E-state index in [1.54, 1.807) is 7.11 Å². The normalized spacial score (nSPS) is 15.1. The van der Waals surface area contributed by atoms with Gasteiger partial charge in [0.2, 0.25) is 0 Å². The molecule has 0 rings (SSSR count). The molecule has 0 heterocycles. The molecule has 13 heavy (non-hydrogen) atoms. The van der Waals surface area contributed by atoms with Crippen LogP contribution in [0.25, 0.3) is 0 Å². The maximum Gasteiger partial charge on any atom is 0.322 e. The van der Waals surface area contributed by atoms with Gasteiger partial charge in [-0.15, -0.1) is 0 Å². The van der Waals surface area contributed by atoms with E-state index >= 15 is 0 Å². The Balaban J connectivity index is 3.98. The molecule has 0 radical (unpaired) electrons. The summed E-state index contributed by atoms with van der Waals surface area (Å²) in [6, 6.07) is -0.523. The molecule has 0 spiro atoms. The Kier molecular flexibility index (Phi) is 6.54. The number of ether oxygens (including phenoxy) is 2. The highest BCUT2D eigenvalue weighted by molar-refractivity contribution is 5.75. The lowest BCUT2D eigenvalue weighted by Crippen LogP contribution is -2.39.